The number of nitrogens with one attached hydrogen (secondary N) is 1. The molecule has 1 amide bonds. The van der Waals surface area contributed by atoms with Crippen molar-refractivity contribution in [1.82, 2.24) is 9.47 Å². The Labute approximate surface area is 181 Å². The minimum Gasteiger partial charge on any atom is -0.465 e. The Kier molecular flexibility index (Phi) is 7.08. The van der Waals surface area contributed by atoms with Crippen LogP contribution >= 0.6 is 0 Å². The average molecular weight is 426 g/mol. The van der Waals surface area contributed by atoms with E-state index in [-0.39, 0.29) is 37.4 Å². The molecular weight excluding hydrogens is 399 g/mol. The Morgan fingerprint density at radius 2 is 1.94 bits per heavy atom. The highest BCUT2D eigenvalue weighted by Crippen LogP contribution is 2.31. The summed E-state index contributed by atoms with van der Waals surface area (Å²) in [7, 11) is 0. The van der Waals surface area contributed by atoms with Crippen LogP contribution in [0.25, 0.3) is 5.69 Å². The standard InChI is InChI=1S/C23H27FN4O3/c1-4-31-22(30)14-27(12-17-5-6-17)13-21(29)26-23-20(11-25)15(2)16(3)28(23)19-9-7-18(24)8-10-19/h7-10,17H,4-6,12-14H2,1-3H3,(H,26,29). The fraction of sp³-hybridized carbons (Fsp3) is 0.435. The van der Waals surface area contributed by atoms with E-state index in [4.69, 9.17) is 4.74 Å². The van der Waals surface area contributed by atoms with Gasteiger partial charge in [0.15, 0.2) is 0 Å². The summed E-state index contributed by atoms with van der Waals surface area (Å²) in [6, 6.07) is 8.01. The molecule has 3 rings (SSSR count). The molecule has 31 heavy (non-hydrogen) atoms. The zero-order valence-electron chi connectivity index (χ0n) is 18.1. The second kappa shape index (κ2) is 9.75. The SMILES string of the molecule is CCOC(=O)CN(CC(=O)Nc1c(C#N)c(C)c(C)n1-c1ccc(F)cc1)CC1CC1. The average Bonchev–Trinajstić information content (AvgIpc) is 3.49. The molecule has 0 spiro atoms. The molecule has 1 fully saturated rings. The van der Waals surface area contributed by atoms with Crippen LogP contribution in [0.5, 0.6) is 0 Å². The Hall–Kier alpha value is -3.18. The number of carbonyl (C=O) groups is 2. The van der Waals surface area contributed by atoms with Gasteiger partial charge in [0.1, 0.15) is 17.7 Å². The lowest BCUT2D eigenvalue weighted by Gasteiger charge is -2.21. The first-order valence-electron chi connectivity index (χ1n) is 10.4. The number of hydrogen-bond acceptors (Lipinski definition) is 5. The summed E-state index contributed by atoms with van der Waals surface area (Å²) in [5, 5.41) is 12.5. The van der Waals surface area contributed by atoms with Crippen LogP contribution in [0.15, 0.2) is 24.3 Å². The van der Waals surface area contributed by atoms with E-state index in [1.807, 2.05) is 13.8 Å². The molecular formula is C23H27FN4O3. The number of esters is 1. The Morgan fingerprint density at radius 1 is 1.26 bits per heavy atom. The van der Waals surface area contributed by atoms with Crippen molar-refractivity contribution in [2.75, 3.05) is 31.6 Å². The van der Waals surface area contributed by atoms with Crippen molar-refractivity contribution >= 4 is 17.7 Å². The van der Waals surface area contributed by atoms with Gasteiger partial charge in [-0.1, -0.05) is 0 Å². The molecule has 0 atom stereocenters. The van der Waals surface area contributed by atoms with Crippen molar-refractivity contribution in [3.63, 3.8) is 0 Å². The maximum atomic E-state index is 13.4. The molecule has 7 nitrogen and oxygen atoms in total. The van der Waals surface area contributed by atoms with Gasteiger partial charge in [-0.3, -0.25) is 19.1 Å². The van der Waals surface area contributed by atoms with Gasteiger partial charge in [-0.05, 0) is 69.4 Å². The Balaban J connectivity index is 1.83. The Bertz CT molecular complexity index is 1000. The van der Waals surface area contributed by atoms with E-state index in [1.54, 1.807) is 28.5 Å². The highest BCUT2D eigenvalue weighted by Gasteiger charge is 2.28. The fourth-order valence-corrected chi connectivity index (χ4v) is 3.59. The first kappa shape index (κ1) is 22.5. The minimum atomic E-state index is -0.369. The summed E-state index contributed by atoms with van der Waals surface area (Å²) in [6.07, 6.45) is 2.18. The van der Waals surface area contributed by atoms with Crippen molar-refractivity contribution in [3.05, 3.63) is 46.9 Å². The van der Waals surface area contributed by atoms with Crippen LogP contribution in [-0.4, -0.2) is 47.6 Å². The van der Waals surface area contributed by atoms with Gasteiger partial charge in [0.2, 0.25) is 5.91 Å². The second-order valence-corrected chi connectivity index (χ2v) is 7.82. The molecule has 0 radical (unpaired) electrons. The van der Waals surface area contributed by atoms with E-state index in [1.165, 1.54) is 12.1 Å². The Morgan fingerprint density at radius 3 is 2.52 bits per heavy atom. The van der Waals surface area contributed by atoms with Gasteiger partial charge in [0, 0.05) is 17.9 Å². The van der Waals surface area contributed by atoms with Crippen LogP contribution < -0.4 is 5.32 Å². The summed E-state index contributed by atoms with van der Waals surface area (Å²) in [5.41, 5.74) is 2.51. The van der Waals surface area contributed by atoms with E-state index in [0.29, 0.717) is 29.5 Å². The molecule has 1 aromatic carbocycles. The molecule has 0 unspecified atom stereocenters. The van der Waals surface area contributed by atoms with E-state index in [0.717, 1.165) is 24.1 Å². The molecule has 0 saturated heterocycles. The summed E-state index contributed by atoms with van der Waals surface area (Å²) >= 11 is 0. The number of aromatic nitrogens is 1. The lowest BCUT2D eigenvalue weighted by molar-refractivity contribution is -0.144. The predicted octanol–water partition coefficient (Wildman–Crippen LogP) is 3.32. The lowest BCUT2D eigenvalue weighted by atomic mass is 10.2. The number of amides is 1. The van der Waals surface area contributed by atoms with Crippen LogP contribution in [0, 0.1) is 36.9 Å². The molecule has 164 valence electrons. The summed E-state index contributed by atoms with van der Waals surface area (Å²) < 4.78 is 20.2. The predicted molar refractivity (Wildman–Crippen MR) is 114 cm³/mol. The van der Waals surface area contributed by atoms with Gasteiger partial charge in [-0.15, -0.1) is 0 Å². The van der Waals surface area contributed by atoms with E-state index in [2.05, 4.69) is 11.4 Å². The molecule has 0 bridgehead atoms. The number of nitrogens with zero attached hydrogens (tertiary/aromatic N) is 3. The normalized spacial score (nSPS) is 13.2. The third-order valence-corrected chi connectivity index (χ3v) is 5.41. The number of hydrogen-bond donors (Lipinski definition) is 1. The third kappa shape index (κ3) is 5.50. The number of ether oxygens (including phenoxy) is 1. The van der Waals surface area contributed by atoms with Gasteiger partial charge in [0.25, 0.3) is 0 Å². The molecule has 8 heteroatoms. The highest BCUT2D eigenvalue weighted by atomic mass is 19.1. The molecule has 1 aliphatic rings. The fourth-order valence-electron chi connectivity index (χ4n) is 3.59. The lowest BCUT2D eigenvalue weighted by Crippen LogP contribution is -2.39. The molecule has 1 aliphatic carbocycles. The minimum absolute atomic E-state index is 0.00682. The second-order valence-electron chi connectivity index (χ2n) is 7.82. The van der Waals surface area contributed by atoms with Gasteiger partial charge in [-0.25, -0.2) is 4.39 Å². The number of nitriles is 1. The number of halogens is 1. The van der Waals surface area contributed by atoms with Gasteiger partial charge >= 0.3 is 5.97 Å². The summed E-state index contributed by atoms with van der Waals surface area (Å²) in [6.45, 7) is 6.38. The smallest absolute Gasteiger partial charge is 0.320 e. The first-order chi connectivity index (χ1) is 14.8. The monoisotopic (exact) mass is 426 g/mol. The van der Waals surface area contributed by atoms with Crippen LogP contribution in [-0.2, 0) is 14.3 Å². The number of benzene rings is 1. The molecule has 1 heterocycles. The van der Waals surface area contributed by atoms with Crippen LogP contribution in [0.2, 0.25) is 0 Å². The maximum Gasteiger partial charge on any atom is 0.320 e. The van der Waals surface area contributed by atoms with Gasteiger partial charge < -0.3 is 10.1 Å². The maximum absolute atomic E-state index is 13.4. The quantitative estimate of drug-likeness (QED) is 0.622. The van der Waals surface area contributed by atoms with Crippen molar-refractivity contribution in [2.24, 2.45) is 5.92 Å². The third-order valence-electron chi connectivity index (χ3n) is 5.41. The summed E-state index contributed by atoms with van der Waals surface area (Å²) in [5.74, 6) is -0.232. The van der Waals surface area contributed by atoms with Crippen LogP contribution in [0.4, 0.5) is 10.2 Å². The van der Waals surface area contributed by atoms with Crippen molar-refractivity contribution in [3.8, 4) is 11.8 Å². The summed E-state index contributed by atoms with van der Waals surface area (Å²) in [4.78, 5) is 26.6. The number of carbonyl (C=O) groups excluding carboxylic acids is 2. The highest BCUT2D eigenvalue weighted by molar-refractivity contribution is 5.94. The van der Waals surface area contributed by atoms with E-state index in [9.17, 15) is 19.2 Å². The van der Waals surface area contributed by atoms with E-state index >= 15 is 0 Å². The molecule has 2 aromatic rings. The molecule has 1 aromatic heterocycles. The molecule has 1 saturated carbocycles. The van der Waals surface area contributed by atoms with Crippen molar-refractivity contribution in [1.29, 1.82) is 5.26 Å². The zero-order chi connectivity index (χ0) is 22.5. The first-order valence-corrected chi connectivity index (χ1v) is 10.4. The van der Waals surface area contributed by atoms with E-state index < -0.39 is 0 Å². The van der Waals surface area contributed by atoms with Crippen LogP contribution in [0.3, 0.4) is 0 Å². The number of rotatable bonds is 9. The van der Waals surface area contributed by atoms with Gasteiger partial charge in [-0.2, -0.15) is 5.26 Å². The zero-order valence-corrected chi connectivity index (χ0v) is 18.1. The molecule has 0 aliphatic heterocycles. The van der Waals surface area contributed by atoms with Gasteiger partial charge in [0.05, 0.1) is 25.3 Å². The largest absolute Gasteiger partial charge is 0.465 e. The van der Waals surface area contributed by atoms with Crippen LogP contribution in [0.1, 0.15) is 36.6 Å². The van der Waals surface area contributed by atoms with Crippen molar-refractivity contribution in [2.45, 2.75) is 33.6 Å². The number of anilines is 1. The topological polar surface area (TPSA) is 87.4 Å². The molecule has 1 N–H and O–H groups in total. The van der Waals surface area contributed by atoms with Crippen molar-refractivity contribution < 1.29 is 18.7 Å².